The summed E-state index contributed by atoms with van der Waals surface area (Å²) in [5.41, 5.74) is 2.44. The Morgan fingerprint density at radius 3 is 2.83 bits per heavy atom. The maximum Gasteiger partial charge on any atom is 0.126 e. The molecule has 1 unspecified atom stereocenters. The van der Waals surface area contributed by atoms with Crippen molar-refractivity contribution in [2.24, 2.45) is 5.92 Å². The number of aromatic nitrogens is 2. The number of anilines is 2. The molecule has 1 aliphatic rings. The zero-order valence-electron chi connectivity index (χ0n) is 16.7. The van der Waals surface area contributed by atoms with Crippen LogP contribution in [0.25, 0.3) is 11.3 Å². The van der Waals surface area contributed by atoms with E-state index in [9.17, 15) is 4.39 Å². The predicted molar refractivity (Wildman–Crippen MR) is 120 cm³/mol. The number of nitrogens with one attached hydrogen (secondary N) is 3. The summed E-state index contributed by atoms with van der Waals surface area (Å²) in [7, 11) is 0. The Morgan fingerprint density at radius 1 is 1.10 bits per heavy atom. The van der Waals surface area contributed by atoms with Crippen molar-refractivity contribution in [2.75, 3.05) is 30.3 Å². The van der Waals surface area contributed by atoms with Crippen molar-refractivity contribution in [3.05, 3.63) is 71.1 Å². The molecule has 30 heavy (non-hydrogen) atoms. The molecule has 0 spiro atoms. The van der Waals surface area contributed by atoms with E-state index in [4.69, 9.17) is 11.6 Å². The molecular weight excluding hydrogens is 401 g/mol. The van der Waals surface area contributed by atoms with Gasteiger partial charge in [0.15, 0.2) is 0 Å². The number of nitrogens with zero attached hydrogens (tertiary/aromatic N) is 2. The Morgan fingerprint density at radius 2 is 2.00 bits per heavy atom. The molecule has 1 fully saturated rings. The van der Waals surface area contributed by atoms with Crippen LogP contribution >= 0.6 is 11.6 Å². The minimum Gasteiger partial charge on any atom is -0.370 e. The summed E-state index contributed by atoms with van der Waals surface area (Å²) in [6.45, 7) is 3.51. The first-order valence-corrected chi connectivity index (χ1v) is 10.6. The van der Waals surface area contributed by atoms with Gasteiger partial charge in [-0.05, 0) is 67.7 Å². The third-order valence-corrected chi connectivity index (χ3v) is 5.52. The zero-order valence-corrected chi connectivity index (χ0v) is 17.4. The van der Waals surface area contributed by atoms with Gasteiger partial charge in [-0.25, -0.2) is 14.4 Å². The van der Waals surface area contributed by atoms with E-state index in [0.717, 1.165) is 42.3 Å². The Labute approximate surface area is 181 Å². The lowest BCUT2D eigenvalue weighted by molar-refractivity contribution is 0.392. The molecular formula is C23H25ClFN5. The van der Waals surface area contributed by atoms with Gasteiger partial charge >= 0.3 is 0 Å². The Bertz CT molecular complexity index is 991. The third-order valence-electron chi connectivity index (χ3n) is 5.21. The first kappa shape index (κ1) is 20.6. The number of hydrogen-bond donors (Lipinski definition) is 3. The summed E-state index contributed by atoms with van der Waals surface area (Å²) < 4.78 is 13.4. The van der Waals surface area contributed by atoms with Gasteiger partial charge in [0.2, 0.25) is 0 Å². The zero-order chi connectivity index (χ0) is 20.8. The van der Waals surface area contributed by atoms with Gasteiger partial charge in [0.25, 0.3) is 0 Å². The monoisotopic (exact) mass is 425 g/mol. The smallest absolute Gasteiger partial charge is 0.126 e. The quantitative estimate of drug-likeness (QED) is 0.499. The van der Waals surface area contributed by atoms with Crippen LogP contribution in [0.4, 0.5) is 16.0 Å². The van der Waals surface area contributed by atoms with Crippen LogP contribution in [0.15, 0.2) is 54.7 Å². The fourth-order valence-corrected chi connectivity index (χ4v) is 3.80. The molecule has 1 aromatic carbocycles. The maximum atomic E-state index is 13.4. The molecule has 7 heteroatoms. The van der Waals surface area contributed by atoms with E-state index in [1.54, 1.807) is 12.3 Å². The van der Waals surface area contributed by atoms with Crippen LogP contribution in [0.2, 0.25) is 5.02 Å². The van der Waals surface area contributed by atoms with Gasteiger partial charge < -0.3 is 16.0 Å². The lowest BCUT2D eigenvalue weighted by Crippen LogP contribution is -2.33. The molecule has 5 nitrogen and oxygen atoms in total. The lowest BCUT2D eigenvalue weighted by atomic mass is 10.00. The highest BCUT2D eigenvalue weighted by atomic mass is 35.5. The SMILES string of the molecule is Fc1cccc(CNc2cccc(-c3cc(NCC4CCCNC4)ncc3Cl)n2)c1. The van der Waals surface area contributed by atoms with Gasteiger partial charge in [-0.15, -0.1) is 0 Å². The van der Waals surface area contributed by atoms with Crippen LogP contribution < -0.4 is 16.0 Å². The van der Waals surface area contributed by atoms with Crippen LogP contribution in [0, 0.1) is 11.7 Å². The highest BCUT2D eigenvalue weighted by molar-refractivity contribution is 6.33. The molecule has 3 N–H and O–H groups in total. The molecule has 1 saturated heterocycles. The van der Waals surface area contributed by atoms with E-state index in [1.807, 2.05) is 30.3 Å². The summed E-state index contributed by atoms with van der Waals surface area (Å²) in [6.07, 6.45) is 4.10. The van der Waals surface area contributed by atoms with Gasteiger partial charge in [0.05, 0.1) is 10.7 Å². The summed E-state index contributed by atoms with van der Waals surface area (Å²) in [5, 5.41) is 10.7. The number of halogens is 2. The molecule has 3 aromatic rings. The Balaban J connectivity index is 1.45. The summed E-state index contributed by atoms with van der Waals surface area (Å²) in [4.78, 5) is 9.09. The summed E-state index contributed by atoms with van der Waals surface area (Å²) in [5.74, 6) is 1.85. The molecule has 0 saturated carbocycles. The van der Waals surface area contributed by atoms with Crippen LogP contribution in [0.5, 0.6) is 0 Å². The second-order valence-corrected chi connectivity index (χ2v) is 7.94. The van der Waals surface area contributed by atoms with Crippen molar-refractivity contribution in [1.29, 1.82) is 0 Å². The van der Waals surface area contributed by atoms with E-state index >= 15 is 0 Å². The Hall–Kier alpha value is -2.70. The molecule has 3 heterocycles. The molecule has 0 aliphatic carbocycles. The molecule has 1 atom stereocenters. The minimum absolute atomic E-state index is 0.247. The molecule has 0 bridgehead atoms. The number of rotatable bonds is 7. The Kier molecular flexibility index (Phi) is 6.77. The van der Waals surface area contributed by atoms with Crippen molar-refractivity contribution in [3.8, 4) is 11.3 Å². The van der Waals surface area contributed by atoms with Gasteiger partial charge in [-0.3, -0.25) is 0 Å². The van der Waals surface area contributed by atoms with Crippen molar-refractivity contribution in [1.82, 2.24) is 15.3 Å². The third kappa shape index (κ3) is 5.46. The first-order chi connectivity index (χ1) is 14.7. The molecule has 0 amide bonds. The largest absolute Gasteiger partial charge is 0.370 e. The van der Waals surface area contributed by atoms with Gasteiger partial charge in [-0.2, -0.15) is 0 Å². The standard InChI is InChI=1S/C23H25ClFN5/c24-20-15-29-23(28-14-17-5-3-9-26-12-17)11-19(20)21-7-2-8-22(30-21)27-13-16-4-1-6-18(25)10-16/h1-2,4,6-8,10-11,15,17,26H,3,5,9,12-14H2,(H,27,30)(H,28,29). The van der Waals surface area contributed by atoms with Gasteiger partial charge in [0, 0.05) is 24.8 Å². The van der Waals surface area contributed by atoms with E-state index in [2.05, 4.69) is 25.9 Å². The van der Waals surface area contributed by atoms with Crippen molar-refractivity contribution in [2.45, 2.75) is 19.4 Å². The van der Waals surface area contributed by atoms with E-state index < -0.39 is 0 Å². The maximum absolute atomic E-state index is 13.4. The average molecular weight is 426 g/mol. The van der Waals surface area contributed by atoms with Crippen LogP contribution in [-0.4, -0.2) is 29.6 Å². The summed E-state index contributed by atoms with van der Waals surface area (Å²) >= 11 is 6.42. The highest BCUT2D eigenvalue weighted by Gasteiger charge is 2.14. The second kappa shape index (κ2) is 9.87. The molecule has 2 aromatic heterocycles. The van der Waals surface area contributed by atoms with Crippen LogP contribution in [0.1, 0.15) is 18.4 Å². The van der Waals surface area contributed by atoms with E-state index in [0.29, 0.717) is 23.3 Å². The predicted octanol–water partition coefficient (Wildman–Crippen LogP) is 4.96. The summed E-state index contributed by atoms with van der Waals surface area (Å²) in [6, 6.07) is 14.2. The minimum atomic E-state index is -0.247. The van der Waals surface area contributed by atoms with E-state index in [-0.39, 0.29) is 5.82 Å². The fourth-order valence-electron chi connectivity index (χ4n) is 3.60. The molecule has 156 valence electrons. The lowest BCUT2D eigenvalue weighted by Gasteiger charge is -2.23. The number of piperidine rings is 1. The van der Waals surface area contributed by atoms with Gasteiger partial charge in [0.1, 0.15) is 17.5 Å². The van der Waals surface area contributed by atoms with Crippen molar-refractivity contribution in [3.63, 3.8) is 0 Å². The normalized spacial score (nSPS) is 16.3. The second-order valence-electron chi connectivity index (χ2n) is 7.53. The average Bonchev–Trinajstić information content (AvgIpc) is 2.78. The fraction of sp³-hybridized carbons (Fsp3) is 0.304. The molecule has 4 rings (SSSR count). The van der Waals surface area contributed by atoms with Crippen molar-refractivity contribution < 1.29 is 4.39 Å². The number of hydrogen-bond acceptors (Lipinski definition) is 5. The van der Waals surface area contributed by atoms with E-state index in [1.165, 1.54) is 25.0 Å². The number of benzene rings is 1. The van der Waals surface area contributed by atoms with Crippen molar-refractivity contribution >= 4 is 23.2 Å². The van der Waals surface area contributed by atoms with Crippen LogP contribution in [-0.2, 0) is 6.54 Å². The van der Waals surface area contributed by atoms with Crippen LogP contribution in [0.3, 0.4) is 0 Å². The molecule has 1 aliphatic heterocycles. The highest BCUT2D eigenvalue weighted by Crippen LogP contribution is 2.29. The van der Waals surface area contributed by atoms with Gasteiger partial charge in [-0.1, -0.05) is 29.8 Å². The first-order valence-electron chi connectivity index (χ1n) is 10.2. The molecule has 0 radical (unpaired) electrons. The topological polar surface area (TPSA) is 61.9 Å². The number of pyridine rings is 2.